The molecule has 0 fully saturated rings. The molecular formula is C16H15ClO2. The lowest BCUT2D eigenvalue weighted by atomic mass is 9.97. The van der Waals surface area contributed by atoms with Gasteiger partial charge in [-0.2, -0.15) is 0 Å². The number of carbonyl (C=O) groups is 1. The predicted octanol–water partition coefficient (Wildman–Crippen LogP) is 4.44. The molecule has 98 valence electrons. The van der Waals surface area contributed by atoms with Crippen LogP contribution in [0.4, 0.5) is 0 Å². The van der Waals surface area contributed by atoms with Crippen LogP contribution in [0.3, 0.4) is 0 Å². The van der Waals surface area contributed by atoms with Crippen molar-refractivity contribution < 1.29 is 9.53 Å². The third kappa shape index (κ3) is 2.64. The highest BCUT2D eigenvalue weighted by molar-refractivity contribution is 6.31. The van der Waals surface area contributed by atoms with Crippen molar-refractivity contribution in [2.75, 3.05) is 7.11 Å². The van der Waals surface area contributed by atoms with Gasteiger partial charge in [0, 0.05) is 5.02 Å². The number of halogens is 1. The molecule has 3 heteroatoms. The molecule has 0 radical (unpaired) electrons. The monoisotopic (exact) mass is 274 g/mol. The molecule has 0 N–H and O–H groups in total. The molecule has 0 saturated heterocycles. The lowest BCUT2D eigenvalue weighted by Gasteiger charge is -2.11. The van der Waals surface area contributed by atoms with Crippen molar-refractivity contribution in [1.82, 2.24) is 0 Å². The molecule has 2 nitrogen and oxygen atoms in total. The molecule has 0 aromatic heterocycles. The average Bonchev–Trinajstić information content (AvgIpc) is 2.42. The Balaban J connectivity index is 2.59. The Labute approximate surface area is 118 Å². The first kappa shape index (κ1) is 13.6. The van der Waals surface area contributed by atoms with Crippen LogP contribution in [0.2, 0.25) is 5.02 Å². The first-order valence-corrected chi connectivity index (χ1v) is 6.35. The van der Waals surface area contributed by atoms with Gasteiger partial charge in [-0.3, -0.25) is 4.79 Å². The fourth-order valence-electron chi connectivity index (χ4n) is 2.09. The van der Waals surface area contributed by atoms with E-state index in [1.807, 2.05) is 44.2 Å². The third-order valence-corrected chi connectivity index (χ3v) is 3.58. The van der Waals surface area contributed by atoms with Gasteiger partial charge in [0.2, 0.25) is 0 Å². The van der Waals surface area contributed by atoms with E-state index in [0.717, 1.165) is 33.6 Å². The Morgan fingerprint density at radius 2 is 1.84 bits per heavy atom. The van der Waals surface area contributed by atoms with Crippen molar-refractivity contribution in [1.29, 1.82) is 0 Å². The molecule has 0 aliphatic heterocycles. The Hall–Kier alpha value is -1.80. The number of ether oxygens (including phenoxy) is 1. The Morgan fingerprint density at radius 3 is 2.47 bits per heavy atom. The predicted molar refractivity (Wildman–Crippen MR) is 78.3 cm³/mol. The van der Waals surface area contributed by atoms with Gasteiger partial charge in [-0.15, -0.1) is 0 Å². The Bertz CT molecular complexity index is 633. The molecular weight excluding hydrogens is 260 g/mol. The molecule has 0 amide bonds. The molecule has 0 bridgehead atoms. The summed E-state index contributed by atoms with van der Waals surface area (Å²) >= 11 is 6.10. The molecule has 2 rings (SSSR count). The molecule has 2 aromatic carbocycles. The molecule has 0 aliphatic carbocycles. The highest BCUT2D eigenvalue weighted by Gasteiger charge is 2.09. The van der Waals surface area contributed by atoms with Crippen molar-refractivity contribution in [2.45, 2.75) is 13.8 Å². The first-order valence-electron chi connectivity index (χ1n) is 5.97. The van der Waals surface area contributed by atoms with Gasteiger partial charge >= 0.3 is 0 Å². The van der Waals surface area contributed by atoms with Gasteiger partial charge in [0.15, 0.2) is 6.29 Å². The van der Waals surface area contributed by atoms with Crippen LogP contribution in [0.1, 0.15) is 21.5 Å². The summed E-state index contributed by atoms with van der Waals surface area (Å²) in [7, 11) is 1.56. The number of carbonyl (C=O) groups excluding carboxylic acids is 1. The van der Waals surface area contributed by atoms with Crippen LogP contribution in [0, 0.1) is 13.8 Å². The summed E-state index contributed by atoms with van der Waals surface area (Å²) < 4.78 is 5.15. The normalized spacial score (nSPS) is 10.3. The number of hydrogen-bond donors (Lipinski definition) is 0. The standard InChI is InChI=1S/C16H15ClO2/c1-10-7-15(17)11(2)6-14(10)12-4-5-16(19-3)13(8-12)9-18/h4-9H,1-3H3. The molecule has 0 unspecified atom stereocenters. The van der Waals surface area contributed by atoms with Gasteiger partial charge < -0.3 is 4.74 Å². The van der Waals surface area contributed by atoms with Crippen LogP contribution >= 0.6 is 11.6 Å². The number of benzene rings is 2. The minimum absolute atomic E-state index is 0.548. The Morgan fingerprint density at radius 1 is 1.11 bits per heavy atom. The van der Waals surface area contributed by atoms with Crippen LogP contribution in [0.15, 0.2) is 30.3 Å². The maximum atomic E-state index is 11.1. The smallest absolute Gasteiger partial charge is 0.153 e. The van der Waals surface area contributed by atoms with Gasteiger partial charge in [-0.25, -0.2) is 0 Å². The van der Waals surface area contributed by atoms with Gasteiger partial charge in [0.1, 0.15) is 5.75 Å². The summed E-state index contributed by atoms with van der Waals surface area (Å²) in [4.78, 5) is 11.1. The molecule has 19 heavy (non-hydrogen) atoms. The summed E-state index contributed by atoms with van der Waals surface area (Å²) in [5.41, 5.74) is 4.71. The van der Waals surface area contributed by atoms with E-state index >= 15 is 0 Å². The second-order valence-corrected chi connectivity index (χ2v) is 4.90. The maximum Gasteiger partial charge on any atom is 0.153 e. The summed E-state index contributed by atoms with van der Waals surface area (Å²) in [5.74, 6) is 0.585. The van der Waals surface area contributed by atoms with E-state index in [-0.39, 0.29) is 0 Å². The number of rotatable bonds is 3. The molecule has 0 aliphatic rings. The fraction of sp³-hybridized carbons (Fsp3) is 0.188. The summed E-state index contributed by atoms with van der Waals surface area (Å²) in [5, 5.41) is 0.755. The summed E-state index contributed by atoms with van der Waals surface area (Å²) in [6, 6.07) is 9.57. The van der Waals surface area contributed by atoms with Crippen LogP contribution in [0.5, 0.6) is 5.75 Å². The lowest BCUT2D eigenvalue weighted by molar-refractivity contribution is 0.112. The van der Waals surface area contributed by atoms with Gasteiger partial charge in [-0.05, 0) is 60.4 Å². The third-order valence-electron chi connectivity index (χ3n) is 3.17. The fourth-order valence-corrected chi connectivity index (χ4v) is 2.30. The van der Waals surface area contributed by atoms with E-state index in [9.17, 15) is 4.79 Å². The minimum Gasteiger partial charge on any atom is -0.496 e. The van der Waals surface area contributed by atoms with Crippen molar-refractivity contribution in [3.05, 3.63) is 52.0 Å². The van der Waals surface area contributed by atoms with Gasteiger partial charge in [0.25, 0.3) is 0 Å². The van der Waals surface area contributed by atoms with Crippen LogP contribution in [-0.4, -0.2) is 13.4 Å². The van der Waals surface area contributed by atoms with Gasteiger partial charge in [-0.1, -0.05) is 17.7 Å². The molecule has 0 atom stereocenters. The van der Waals surface area contributed by atoms with E-state index in [2.05, 4.69) is 0 Å². The zero-order valence-electron chi connectivity index (χ0n) is 11.2. The highest BCUT2D eigenvalue weighted by atomic mass is 35.5. The second-order valence-electron chi connectivity index (χ2n) is 4.49. The topological polar surface area (TPSA) is 26.3 Å². The number of hydrogen-bond acceptors (Lipinski definition) is 2. The SMILES string of the molecule is COc1ccc(-c2cc(C)c(Cl)cc2C)cc1C=O. The molecule has 0 spiro atoms. The quantitative estimate of drug-likeness (QED) is 0.773. The van der Waals surface area contributed by atoms with Crippen molar-refractivity contribution in [3.8, 4) is 16.9 Å². The summed E-state index contributed by atoms with van der Waals surface area (Å²) in [6.45, 7) is 3.97. The zero-order chi connectivity index (χ0) is 14.0. The highest BCUT2D eigenvalue weighted by Crippen LogP contribution is 2.31. The zero-order valence-corrected chi connectivity index (χ0v) is 11.9. The van der Waals surface area contributed by atoms with Crippen LogP contribution in [0.25, 0.3) is 11.1 Å². The molecule has 0 heterocycles. The lowest BCUT2D eigenvalue weighted by Crippen LogP contribution is -1.92. The van der Waals surface area contributed by atoms with Crippen LogP contribution in [-0.2, 0) is 0 Å². The summed E-state index contributed by atoms with van der Waals surface area (Å²) in [6.07, 6.45) is 0.806. The van der Waals surface area contributed by atoms with Crippen molar-refractivity contribution in [2.24, 2.45) is 0 Å². The van der Waals surface area contributed by atoms with Gasteiger partial charge in [0.05, 0.1) is 12.7 Å². The number of aldehydes is 1. The average molecular weight is 275 g/mol. The van der Waals surface area contributed by atoms with Crippen molar-refractivity contribution in [3.63, 3.8) is 0 Å². The van der Waals surface area contributed by atoms with E-state index in [0.29, 0.717) is 11.3 Å². The second kappa shape index (κ2) is 5.45. The largest absolute Gasteiger partial charge is 0.496 e. The molecule has 0 saturated carbocycles. The van der Waals surface area contributed by atoms with E-state index in [4.69, 9.17) is 16.3 Å². The van der Waals surface area contributed by atoms with E-state index in [1.54, 1.807) is 7.11 Å². The molecule has 2 aromatic rings. The number of aryl methyl sites for hydroxylation is 2. The van der Waals surface area contributed by atoms with Crippen LogP contribution < -0.4 is 4.74 Å². The maximum absolute atomic E-state index is 11.1. The number of methoxy groups -OCH3 is 1. The van der Waals surface area contributed by atoms with E-state index < -0.39 is 0 Å². The Kier molecular flexibility index (Phi) is 3.91. The van der Waals surface area contributed by atoms with E-state index in [1.165, 1.54) is 0 Å². The first-order chi connectivity index (χ1) is 9.06. The van der Waals surface area contributed by atoms with Crippen molar-refractivity contribution >= 4 is 17.9 Å². The minimum atomic E-state index is 0.548.